The van der Waals surface area contributed by atoms with Crippen LogP contribution >= 0.6 is 11.8 Å². The van der Waals surface area contributed by atoms with E-state index in [0.717, 1.165) is 21.5 Å². The molecule has 2 nitrogen and oxygen atoms in total. The van der Waals surface area contributed by atoms with Crippen LogP contribution in [-0.4, -0.2) is 12.1 Å². The zero-order chi connectivity index (χ0) is 10.7. The van der Waals surface area contributed by atoms with Crippen molar-refractivity contribution in [3.05, 3.63) is 42.4 Å². The molecule has 0 atom stereocenters. The average Bonchev–Trinajstić information content (AvgIpc) is 2.29. The summed E-state index contributed by atoms with van der Waals surface area (Å²) in [6.07, 6.45) is 1.81. The molecule has 0 spiro atoms. The second kappa shape index (κ2) is 4.36. The van der Waals surface area contributed by atoms with Gasteiger partial charge in [0.05, 0.1) is 17.5 Å². The summed E-state index contributed by atoms with van der Waals surface area (Å²) in [7, 11) is 1.68. The van der Waals surface area contributed by atoms with Crippen molar-refractivity contribution >= 4 is 22.7 Å². The van der Waals surface area contributed by atoms with Crippen molar-refractivity contribution in [1.29, 1.82) is 0 Å². The molecule has 2 aromatic rings. The fraction of sp³-hybridized carbons (Fsp3) is 0.0833. The number of hydrogen-bond donors (Lipinski definition) is 0. The molecule has 1 aromatic heterocycles. The number of benzene rings is 1. The molecule has 0 saturated heterocycles. The van der Waals surface area contributed by atoms with E-state index in [-0.39, 0.29) is 0 Å². The molecular formula is C12H11NOS. The smallest absolute Gasteiger partial charge is 0.143 e. The molecule has 3 heteroatoms. The van der Waals surface area contributed by atoms with Crippen molar-refractivity contribution < 1.29 is 4.74 Å². The van der Waals surface area contributed by atoms with E-state index in [9.17, 15) is 0 Å². The summed E-state index contributed by atoms with van der Waals surface area (Å²) >= 11 is 1.52. The second-order valence-electron chi connectivity index (χ2n) is 2.96. The fourth-order valence-electron chi connectivity index (χ4n) is 1.48. The monoisotopic (exact) mass is 217 g/mol. The number of rotatable bonds is 3. The van der Waals surface area contributed by atoms with E-state index < -0.39 is 0 Å². The van der Waals surface area contributed by atoms with Crippen LogP contribution in [0.25, 0.3) is 10.9 Å². The Morgan fingerprint density at radius 3 is 2.93 bits per heavy atom. The third-order valence-electron chi connectivity index (χ3n) is 2.11. The third kappa shape index (κ3) is 1.83. The van der Waals surface area contributed by atoms with E-state index in [4.69, 9.17) is 4.74 Å². The Kier molecular flexibility index (Phi) is 2.92. The lowest BCUT2D eigenvalue weighted by molar-refractivity contribution is 0.409. The van der Waals surface area contributed by atoms with Crippen molar-refractivity contribution in [3.63, 3.8) is 0 Å². The number of hydrogen-bond acceptors (Lipinski definition) is 3. The zero-order valence-corrected chi connectivity index (χ0v) is 9.25. The Morgan fingerprint density at radius 2 is 2.20 bits per heavy atom. The molecule has 2 rings (SSSR count). The molecular weight excluding hydrogens is 206 g/mol. The van der Waals surface area contributed by atoms with Gasteiger partial charge in [0.2, 0.25) is 0 Å². The standard InChI is InChI=1S/C12H11NOS/c1-3-15-11-8-13-10-7-5-4-6-9(10)12(11)14-2/h3-8H,1H2,2H3. The topological polar surface area (TPSA) is 22.1 Å². The van der Waals surface area contributed by atoms with Crippen LogP contribution in [-0.2, 0) is 0 Å². The number of methoxy groups -OCH3 is 1. The fourth-order valence-corrected chi connectivity index (χ4v) is 2.08. The molecule has 76 valence electrons. The predicted octanol–water partition coefficient (Wildman–Crippen LogP) is 3.48. The van der Waals surface area contributed by atoms with Crippen LogP contribution in [0.4, 0.5) is 0 Å². The van der Waals surface area contributed by atoms with Gasteiger partial charge in [-0.2, -0.15) is 0 Å². The zero-order valence-electron chi connectivity index (χ0n) is 8.43. The molecule has 0 saturated carbocycles. The first-order valence-electron chi connectivity index (χ1n) is 4.56. The predicted molar refractivity (Wildman–Crippen MR) is 64.3 cm³/mol. The van der Waals surface area contributed by atoms with E-state index in [2.05, 4.69) is 11.6 Å². The molecule has 15 heavy (non-hydrogen) atoms. The number of pyridine rings is 1. The maximum Gasteiger partial charge on any atom is 0.143 e. The summed E-state index contributed by atoms with van der Waals surface area (Å²) in [5.74, 6) is 0.866. The summed E-state index contributed by atoms with van der Waals surface area (Å²) in [5.41, 5.74) is 0.947. The number of fused-ring (bicyclic) bond motifs is 1. The van der Waals surface area contributed by atoms with E-state index >= 15 is 0 Å². The van der Waals surface area contributed by atoms with Gasteiger partial charge < -0.3 is 4.74 Å². The molecule has 0 radical (unpaired) electrons. The summed E-state index contributed by atoms with van der Waals surface area (Å²) in [4.78, 5) is 5.35. The Hall–Kier alpha value is -1.48. The average molecular weight is 217 g/mol. The summed E-state index contributed by atoms with van der Waals surface area (Å²) < 4.78 is 5.40. The quantitative estimate of drug-likeness (QED) is 0.735. The van der Waals surface area contributed by atoms with Crippen molar-refractivity contribution in [2.45, 2.75) is 4.90 Å². The van der Waals surface area contributed by atoms with Crippen LogP contribution in [0.5, 0.6) is 5.75 Å². The van der Waals surface area contributed by atoms with Crippen LogP contribution in [0, 0.1) is 0 Å². The lowest BCUT2D eigenvalue weighted by Crippen LogP contribution is -1.89. The van der Waals surface area contributed by atoms with Gasteiger partial charge in [-0.1, -0.05) is 30.5 Å². The van der Waals surface area contributed by atoms with Crippen LogP contribution in [0.1, 0.15) is 0 Å². The molecule has 0 N–H and O–H groups in total. The minimum absolute atomic E-state index is 0.866. The number of ether oxygens (including phenoxy) is 1. The summed E-state index contributed by atoms with van der Waals surface area (Å²) in [6, 6.07) is 7.93. The Bertz CT molecular complexity index is 496. The largest absolute Gasteiger partial charge is 0.495 e. The normalized spacial score (nSPS) is 10.2. The molecule has 0 aliphatic heterocycles. The molecule has 0 fully saturated rings. The van der Waals surface area contributed by atoms with Crippen molar-refractivity contribution in [3.8, 4) is 5.75 Å². The van der Waals surface area contributed by atoms with Crippen LogP contribution in [0.2, 0.25) is 0 Å². The van der Waals surface area contributed by atoms with Crippen LogP contribution < -0.4 is 4.74 Å². The number of nitrogens with zero attached hydrogens (tertiary/aromatic N) is 1. The van der Waals surface area contributed by atoms with Gasteiger partial charge in [0.15, 0.2) is 0 Å². The Labute approximate surface area is 93.0 Å². The van der Waals surface area contributed by atoms with E-state index in [0.29, 0.717) is 0 Å². The van der Waals surface area contributed by atoms with Gasteiger partial charge in [0.25, 0.3) is 0 Å². The van der Waals surface area contributed by atoms with Crippen molar-refractivity contribution in [1.82, 2.24) is 4.98 Å². The first-order valence-corrected chi connectivity index (χ1v) is 5.44. The van der Waals surface area contributed by atoms with Crippen LogP contribution in [0.15, 0.2) is 47.3 Å². The highest BCUT2D eigenvalue weighted by molar-refractivity contribution is 8.02. The van der Waals surface area contributed by atoms with Gasteiger partial charge in [-0.3, -0.25) is 4.98 Å². The summed E-state index contributed by atoms with van der Waals surface area (Å²) in [6.45, 7) is 3.69. The maximum atomic E-state index is 5.40. The molecule has 0 bridgehead atoms. The second-order valence-corrected chi connectivity index (χ2v) is 3.97. The first kappa shape index (κ1) is 10.1. The highest BCUT2D eigenvalue weighted by Crippen LogP contribution is 2.34. The number of thioether (sulfide) groups is 1. The SMILES string of the molecule is C=CSc1cnc2ccccc2c1OC. The van der Waals surface area contributed by atoms with E-state index in [1.165, 1.54) is 11.8 Å². The highest BCUT2D eigenvalue weighted by atomic mass is 32.2. The minimum Gasteiger partial charge on any atom is -0.495 e. The van der Waals surface area contributed by atoms with E-state index in [1.54, 1.807) is 12.5 Å². The van der Waals surface area contributed by atoms with Gasteiger partial charge >= 0.3 is 0 Å². The van der Waals surface area contributed by atoms with Gasteiger partial charge in [0, 0.05) is 11.6 Å². The third-order valence-corrected chi connectivity index (χ3v) is 2.82. The molecule has 1 heterocycles. The number of aromatic nitrogens is 1. The van der Waals surface area contributed by atoms with Crippen molar-refractivity contribution in [2.75, 3.05) is 7.11 Å². The lowest BCUT2D eigenvalue weighted by Gasteiger charge is -2.08. The first-order chi connectivity index (χ1) is 7.36. The van der Waals surface area contributed by atoms with Gasteiger partial charge in [-0.05, 0) is 17.5 Å². The maximum absolute atomic E-state index is 5.40. The van der Waals surface area contributed by atoms with Gasteiger partial charge in [0.1, 0.15) is 5.75 Å². The van der Waals surface area contributed by atoms with Gasteiger partial charge in [-0.15, -0.1) is 0 Å². The van der Waals surface area contributed by atoms with E-state index in [1.807, 2.05) is 30.5 Å². The molecule has 0 amide bonds. The van der Waals surface area contributed by atoms with Crippen molar-refractivity contribution in [2.24, 2.45) is 0 Å². The van der Waals surface area contributed by atoms with Gasteiger partial charge in [-0.25, -0.2) is 0 Å². The molecule has 1 aromatic carbocycles. The van der Waals surface area contributed by atoms with Crippen LogP contribution in [0.3, 0.4) is 0 Å². The molecule has 0 aliphatic carbocycles. The molecule has 0 aliphatic rings. The highest BCUT2D eigenvalue weighted by Gasteiger charge is 2.07. The summed E-state index contributed by atoms with van der Waals surface area (Å²) in [5, 5.41) is 2.81. The number of para-hydroxylation sites is 1. The Balaban J connectivity index is 2.69. The minimum atomic E-state index is 0.866. The molecule has 0 unspecified atom stereocenters. The Morgan fingerprint density at radius 1 is 1.40 bits per heavy atom. The lowest BCUT2D eigenvalue weighted by atomic mass is 10.2.